The van der Waals surface area contributed by atoms with Gasteiger partial charge in [0.25, 0.3) is 5.91 Å². The number of oxazole rings is 1. The number of rotatable bonds is 7. The van der Waals surface area contributed by atoms with Crippen molar-refractivity contribution >= 4 is 11.8 Å². The summed E-state index contributed by atoms with van der Waals surface area (Å²) in [5.41, 5.74) is 2.17. The van der Waals surface area contributed by atoms with Crippen molar-refractivity contribution < 1.29 is 23.8 Å². The highest BCUT2D eigenvalue weighted by Crippen LogP contribution is 2.26. The van der Waals surface area contributed by atoms with E-state index < -0.39 is 12.1 Å². The van der Waals surface area contributed by atoms with Gasteiger partial charge in [0.1, 0.15) is 11.8 Å². The Morgan fingerprint density at radius 2 is 2.00 bits per heavy atom. The minimum absolute atomic E-state index is 0.100. The second kappa shape index (κ2) is 9.65. The van der Waals surface area contributed by atoms with Gasteiger partial charge in [-0.1, -0.05) is 36.4 Å². The van der Waals surface area contributed by atoms with Crippen molar-refractivity contribution in [3.05, 3.63) is 72.2 Å². The Labute approximate surface area is 185 Å². The topological polar surface area (TPSA) is 105 Å². The van der Waals surface area contributed by atoms with Gasteiger partial charge in [0, 0.05) is 25.1 Å². The lowest BCUT2D eigenvalue weighted by Crippen LogP contribution is -2.45. The molecule has 0 bridgehead atoms. The molecule has 1 fully saturated rings. The van der Waals surface area contributed by atoms with Crippen molar-refractivity contribution in [2.24, 2.45) is 0 Å². The molecule has 1 aliphatic rings. The maximum absolute atomic E-state index is 13.2. The van der Waals surface area contributed by atoms with Crippen molar-refractivity contribution in [1.29, 1.82) is 0 Å². The van der Waals surface area contributed by atoms with E-state index >= 15 is 0 Å². The molecule has 1 aromatic heterocycles. The first-order valence-electron chi connectivity index (χ1n) is 10.5. The maximum atomic E-state index is 13.2. The number of benzene rings is 2. The first-order valence-corrected chi connectivity index (χ1v) is 10.5. The van der Waals surface area contributed by atoms with Gasteiger partial charge in [-0.15, -0.1) is 0 Å². The molecule has 1 saturated heterocycles. The van der Waals surface area contributed by atoms with E-state index in [2.05, 4.69) is 10.3 Å². The molecule has 0 unspecified atom stereocenters. The molecule has 32 heavy (non-hydrogen) atoms. The van der Waals surface area contributed by atoms with E-state index in [-0.39, 0.29) is 24.8 Å². The summed E-state index contributed by atoms with van der Waals surface area (Å²) in [5.74, 6) is 0.500. The minimum atomic E-state index is -0.754. The van der Waals surface area contributed by atoms with Crippen LogP contribution < -0.4 is 10.1 Å². The minimum Gasteiger partial charge on any atom is -0.493 e. The van der Waals surface area contributed by atoms with Gasteiger partial charge < -0.3 is 24.5 Å². The average Bonchev–Trinajstić information content (AvgIpc) is 3.48. The number of amides is 2. The number of β-amino-alcohol motifs (C(OH)–C–C–N with tert-alkyl or cyclic N) is 1. The number of aliphatic hydroxyl groups is 1. The van der Waals surface area contributed by atoms with Crippen LogP contribution in [0.3, 0.4) is 0 Å². The molecule has 2 amide bonds. The predicted molar refractivity (Wildman–Crippen MR) is 117 cm³/mol. The summed E-state index contributed by atoms with van der Waals surface area (Å²) >= 11 is 0. The van der Waals surface area contributed by atoms with Gasteiger partial charge in [-0.25, -0.2) is 4.98 Å². The summed E-state index contributed by atoms with van der Waals surface area (Å²) < 4.78 is 10.8. The van der Waals surface area contributed by atoms with E-state index in [0.717, 1.165) is 11.1 Å². The Morgan fingerprint density at radius 3 is 2.72 bits per heavy atom. The number of aromatic nitrogens is 1. The van der Waals surface area contributed by atoms with Gasteiger partial charge in [-0.3, -0.25) is 9.59 Å². The fourth-order valence-electron chi connectivity index (χ4n) is 3.82. The van der Waals surface area contributed by atoms with Crippen LogP contribution in [0.5, 0.6) is 5.75 Å². The van der Waals surface area contributed by atoms with Crippen LogP contribution in [0.2, 0.25) is 0 Å². The van der Waals surface area contributed by atoms with Crippen LogP contribution in [-0.2, 0) is 11.3 Å². The van der Waals surface area contributed by atoms with Gasteiger partial charge in [0.05, 0.1) is 24.5 Å². The van der Waals surface area contributed by atoms with E-state index in [4.69, 9.17) is 9.15 Å². The third kappa shape index (κ3) is 4.65. The zero-order valence-electron chi connectivity index (χ0n) is 17.7. The third-order valence-corrected chi connectivity index (χ3v) is 5.40. The summed E-state index contributed by atoms with van der Waals surface area (Å²) in [6, 6.07) is 13.7. The van der Waals surface area contributed by atoms with Crippen molar-refractivity contribution in [2.45, 2.75) is 32.0 Å². The highest BCUT2D eigenvalue weighted by atomic mass is 16.5. The average molecular weight is 435 g/mol. The number of carbonyl (C=O) groups is 2. The Balaban J connectivity index is 1.42. The normalized spacial score (nSPS) is 17.9. The van der Waals surface area contributed by atoms with E-state index in [9.17, 15) is 14.7 Å². The van der Waals surface area contributed by atoms with Gasteiger partial charge in [0.2, 0.25) is 5.91 Å². The third-order valence-electron chi connectivity index (χ3n) is 5.40. The van der Waals surface area contributed by atoms with Crippen molar-refractivity contribution in [3.8, 4) is 17.1 Å². The second-order valence-electron chi connectivity index (χ2n) is 7.57. The smallest absolute Gasteiger partial charge is 0.258 e. The number of nitrogens with zero attached hydrogens (tertiary/aromatic N) is 2. The van der Waals surface area contributed by atoms with E-state index in [1.807, 2.05) is 31.2 Å². The van der Waals surface area contributed by atoms with Crippen LogP contribution in [-0.4, -0.2) is 52.1 Å². The molecule has 0 radical (unpaired) electrons. The number of ether oxygens (including phenoxy) is 1. The molecule has 4 rings (SSSR count). The van der Waals surface area contributed by atoms with E-state index in [1.165, 1.54) is 11.3 Å². The molecular weight excluding hydrogens is 410 g/mol. The van der Waals surface area contributed by atoms with Crippen LogP contribution in [0, 0.1) is 0 Å². The van der Waals surface area contributed by atoms with Crippen LogP contribution >= 0.6 is 0 Å². The molecule has 8 heteroatoms. The molecular formula is C24H25N3O5. The number of carbonyl (C=O) groups excluding carboxylic acids is 2. The summed E-state index contributed by atoms with van der Waals surface area (Å²) in [6.07, 6.45) is 2.45. The lowest BCUT2D eigenvalue weighted by Gasteiger charge is -2.24. The number of hydrogen-bond donors (Lipinski definition) is 2. The van der Waals surface area contributed by atoms with Gasteiger partial charge in [0.15, 0.2) is 12.2 Å². The van der Waals surface area contributed by atoms with Crippen LogP contribution in [0.1, 0.15) is 29.3 Å². The standard InChI is InChI=1S/C24H25N3O5/c1-2-31-21-6-4-3-5-19(21)24(30)27-14-18(28)11-20(27)23(29)26-12-16-7-9-17(10-8-16)22-13-25-15-32-22/h3-10,13,15,18,20,28H,2,11-12,14H2,1H3,(H,26,29)/t18-,20+/m1/s1. The lowest BCUT2D eigenvalue weighted by atomic mass is 10.1. The molecule has 1 aliphatic heterocycles. The number of hydrogen-bond acceptors (Lipinski definition) is 6. The molecule has 2 aromatic carbocycles. The number of nitrogens with one attached hydrogen (secondary N) is 1. The molecule has 166 valence electrons. The van der Waals surface area contributed by atoms with Crippen LogP contribution in [0.4, 0.5) is 0 Å². The van der Waals surface area contributed by atoms with Crippen LogP contribution in [0.15, 0.2) is 65.5 Å². The molecule has 8 nitrogen and oxygen atoms in total. The van der Waals surface area contributed by atoms with Gasteiger partial charge in [-0.2, -0.15) is 0 Å². The summed E-state index contributed by atoms with van der Waals surface area (Å²) in [6.45, 7) is 2.67. The predicted octanol–water partition coefficient (Wildman–Crippen LogP) is 2.63. The molecule has 2 atom stereocenters. The molecule has 0 aliphatic carbocycles. The quantitative estimate of drug-likeness (QED) is 0.591. The molecule has 2 N–H and O–H groups in total. The van der Waals surface area contributed by atoms with E-state index in [1.54, 1.807) is 30.5 Å². The highest BCUT2D eigenvalue weighted by Gasteiger charge is 2.39. The fourth-order valence-corrected chi connectivity index (χ4v) is 3.82. The zero-order valence-corrected chi connectivity index (χ0v) is 17.7. The SMILES string of the molecule is CCOc1ccccc1C(=O)N1C[C@H](O)C[C@H]1C(=O)NCc1ccc(-c2cnco2)cc1. The molecule has 3 aromatic rings. The maximum Gasteiger partial charge on any atom is 0.258 e. The number of para-hydroxylation sites is 1. The summed E-state index contributed by atoms with van der Waals surface area (Å²) in [4.78, 5) is 31.4. The van der Waals surface area contributed by atoms with Crippen molar-refractivity contribution in [1.82, 2.24) is 15.2 Å². The van der Waals surface area contributed by atoms with E-state index in [0.29, 0.717) is 30.2 Å². The van der Waals surface area contributed by atoms with Gasteiger partial charge >= 0.3 is 0 Å². The molecule has 2 heterocycles. The Hall–Kier alpha value is -3.65. The Kier molecular flexibility index (Phi) is 6.51. The summed E-state index contributed by atoms with van der Waals surface area (Å²) in [7, 11) is 0. The fraction of sp³-hybridized carbons (Fsp3) is 0.292. The lowest BCUT2D eigenvalue weighted by molar-refractivity contribution is -0.125. The largest absolute Gasteiger partial charge is 0.493 e. The highest BCUT2D eigenvalue weighted by molar-refractivity contribution is 6.00. The van der Waals surface area contributed by atoms with Crippen molar-refractivity contribution in [3.63, 3.8) is 0 Å². The van der Waals surface area contributed by atoms with Crippen LogP contribution in [0.25, 0.3) is 11.3 Å². The first-order chi connectivity index (χ1) is 15.6. The monoisotopic (exact) mass is 435 g/mol. The van der Waals surface area contributed by atoms with Gasteiger partial charge in [-0.05, 0) is 24.6 Å². The molecule has 0 spiro atoms. The second-order valence-corrected chi connectivity index (χ2v) is 7.57. The van der Waals surface area contributed by atoms with Crippen molar-refractivity contribution in [2.75, 3.05) is 13.2 Å². The molecule has 0 saturated carbocycles. The summed E-state index contributed by atoms with van der Waals surface area (Å²) in [5, 5.41) is 13.1. The first kappa shape index (κ1) is 21.6. The number of aliphatic hydroxyl groups excluding tert-OH is 1. The zero-order chi connectivity index (χ0) is 22.5. The number of likely N-dealkylation sites (tertiary alicyclic amines) is 1. The Morgan fingerprint density at radius 1 is 1.22 bits per heavy atom. The Bertz CT molecular complexity index is 1070.